The highest BCUT2D eigenvalue weighted by atomic mass is 15.1. The van der Waals surface area contributed by atoms with Crippen molar-refractivity contribution in [1.29, 1.82) is 0 Å². The van der Waals surface area contributed by atoms with Crippen molar-refractivity contribution >= 4 is 21.9 Å². The van der Waals surface area contributed by atoms with E-state index in [1.807, 2.05) is 0 Å². The quantitative estimate of drug-likeness (QED) is 0.237. The van der Waals surface area contributed by atoms with E-state index in [1.165, 1.54) is 39.0 Å². The summed E-state index contributed by atoms with van der Waals surface area (Å²) in [6.07, 6.45) is 0. The van der Waals surface area contributed by atoms with Crippen molar-refractivity contribution in [1.82, 2.24) is 14.1 Å². The van der Waals surface area contributed by atoms with Gasteiger partial charge in [0.2, 0.25) is 0 Å². The van der Waals surface area contributed by atoms with Gasteiger partial charge in [-0.05, 0) is 59.7 Å². The minimum Gasteiger partial charge on any atom is -0.312 e. The van der Waals surface area contributed by atoms with Gasteiger partial charge in [-0.1, -0.05) is 92.7 Å². The monoisotopic (exact) mass is 501 g/mol. The van der Waals surface area contributed by atoms with Crippen LogP contribution in [0.3, 0.4) is 0 Å². The Labute approximate surface area is 227 Å². The second-order valence-corrected chi connectivity index (χ2v) is 10.9. The molecular formula is C36H27N3. The molecule has 3 heterocycles. The molecule has 8 rings (SSSR count). The van der Waals surface area contributed by atoms with Crippen LogP contribution in [0.15, 0.2) is 127 Å². The first kappa shape index (κ1) is 22.1. The maximum atomic E-state index is 5.15. The van der Waals surface area contributed by atoms with Crippen LogP contribution in [0.25, 0.3) is 55.8 Å². The normalized spacial score (nSPS) is 13.6. The largest absolute Gasteiger partial charge is 0.312 e. The summed E-state index contributed by atoms with van der Waals surface area (Å²) in [7, 11) is 0. The zero-order valence-corrected chi connectivity index (χ0v) is 22.0. The van der Waals surface area contributed by atoms with Gasteiger partial charge in [0, 0.05) is 33.3 Å². The molecule has 3 nitrogen and oxygen atoms in total. The molecule has 7 aromatic rings. The van der Waals surface area contributed by atoms with E-state index in [2.05, 4.69) is 150 Å². The van der Waals surface area contributed by atoms with Crippen LogP contribution >= 0.6 is 0 Å². The van der Waals surface area contributed by atoms with Gasteiger partial charge in [-0.3, -0.25) is 4.57 Å². The summed E-state index contributed by atoms with van der Waals surface area (Å²) in [5, 5.41) is 1.25. The van der Waals surface area contributed by atoms with Gasteiger partial charge in [0.05, 0.1) is 22.2 Å². The predicted octanol–water partition coefficient (Wildman–Crippen LogP) is 8.94. The summed E-state index contributed by atoms with van der Waals surface area (Å²) in [5.41, 5.74) is 12.0. The standard InChI is InChI=1S/C36H27N3/c1-36(2)28-17-9-11-19-31(28)39-30-22-21-25(23-27(30)33(34(36)39)24-13-5-3-6-14-24)35-37-29-18-10-12-20-32(29)38(35)26-15-7-4-8-16-26/h3-23H,1-2H3. The molecule has 5 aromatic carbocycles. The smallest absolute Gasteiger partial charge is 0.145 e. The van der Waals surface area contributed by atoms with E-state index in [-0.39, 0.29) is 5.41 Å². The number of fused-ring (bicyclic) bond motifs is 6. The zero-order valence-electron chi connectivity index (χ0n) is 22.0. The van der Waals surface area contributed by atoms with Crippen molar-refractivity contribution in [2.24, 2.45) is 0 Å². The Bertz CT molecular complexity index is 2030. The molecule has 1 aliphatic heterocycles. The molecule has 39 heavy (non-hydrogen) atoms. The van der Waals surface area contributed by atoms with Crippen LogP contribution in [0.5, 0.6) is 0 Å². The van der Waals surface area contributed by atoms with E-state index in [1.54, 1.807) is 0 Å². The maximum Gasteiger partial charge on any atom is 0.145 e. The third kappa shape index (κ3) is 3.07. The lowest BCUT2D eigenvalue weighted by Crippen LogP contribution is -2.16. The average Bonchev–Trinajstić information content (AvgIpc) is 3.61. The average molecular weight is 502 g/mol. The molecule has 0 spiro atoms. The number of imidazole rings is 1. The first-order valence-corrected chi connectivity index (χ1v) is 13.5. The lowest BCUT2D eigenvalue weighted by molar-refractivity contribution is 0.646. The Kier molecular flexibility index (Phi) is 4.57. The van der Waals surface area contributed by atoms with Gasteiger partial charge in [0.15, 0.2) is 0 Å². The second kappa shape index (κ2) is 8.05. The fourth-order valence-corrected chi connectivity index (χ4v) is 6.55. The number of rotatable bonds is 3. The van der Waals surface area contributed by atoms with Gasteiger partial charge in [-0.15, -0.1) is 0 Å². The molecule has 0 atom stereocenters. The lowest BCUT2D eigenvalue weighted by atomic mass is 9.80. The van der Waals surface area contributed by atoms with Crippen LogP contribution in [0.2, 0.25) is 0 Å². The minimum atomic E-state index is -0.127. The van der Waals surface area contributed by atoms with Gasteiger partial charge in [0.1, 0.15) is 5.82 Å². The third-order valence-corrected chi connectivity index (χ3v) is 8.27. The highest BCUT2D eigenvalue weighted by Gasteiger charge is 2.40. The van der Waals surface area contributed by atoms with Crippen LogP contribution in [-0.2, 0) is 5.41 Å². The number of hydrogen-bond acceptors (Lipinski definition) is 1. The molecule has 0 saturated carbocycles. The Hall–Kier alpha value is -4.89. The summed E-state index contributed by atoms with van der Waals surface area (Å²) in [6, 6.07) is 45.5. The summed E-state index contributed by atoms with van der Waals surface area (Å²) >= 11 is 0. The van der Waals surface area contributed by atoms with Crippen LogP contribution in [0, 0.1) is 0 Å². The van der Waals surface area contributed by atoms with Crippen molar-refractivity contribution in [3.8, 4) is 33.9 Å². The molecule has 0 unspecified atom stereocenters. The van der Waals surface area contributed by atoms with Crippen molar-refractivity contribution in [2.45, 2.75) is 19.3 Å². The Balaban J connectivity index is 1.47. The van der Waals surface area contributed by atoms with Gasteiger partial charge < -0.3 is 4.57 Å². The van der Waals surface area contributed by atoms with Crippen molar-refractivity contribution < 1.29 is 0 Å². The van der Waals surface area contributed by atoms with E-state index >= 15 is 0 Å². The van der Waals surface area contributed by atoms with Gasteiger partial charge in [-0.25, -0.2) is 4.98 Å². The Morgan fingerprint density at radius 2 is 1.28 bits per heavy atom. The first-order valence-electron chi connectivity index (χ1n) is 13.5. The molecule has 2 aromatic heterocycles. The topological polar surface area (TPSA) is 22.8 Å². The lowest BCUT2D eigenvalue weighted by Gasteiger charge is -2.21. The van der Waals surface area contributed by atoms with Crippen LogP contribution in [-0.4, -0.2) is 14.1 Å². The highest BCUT2D eigenvalue weighted by Crippen LogP contribution is 2.51. The van der Waals surface area contributed by atoms with Gasteiger partial charge in [0.25, 0.3) is 0 Å². The zero-order chi connectivity index (χ0) is 26.1. The van der Waals surface area contributed by atoms with Crippen LogP contribution in [0.4, 0.5) is 0 Å². The number of nitrogens with zero attached hydrogens (tertiary/aromatic N) is 3. The molecular weight excluding hydrogens is 474 g/mol. The third-order valence-electron chi connectivity index (χ3n) is 8.27. The Morgan fingerprint density at radius 3 is 2.10 bits per heavy atom. The molecule has 186 valence electrons. The van der Waals surface area contributed by atoms with E-state index in [0.717, 1.165) is 28.1 Å². The summed E-state index contributed by atoms with van der Waals surface area (Å²) in [5.74, 6) is 0.953. The summed E-state index contributed by atoms with van der Waals surface area (Å²) < 4.78 is 4.76. The number of aromatic nitrogens is 3. The molecule has 0 N–H and O–H groups in total. The van der Waals surface area contributed by atoms with Gasteiger partial charge >= 0.3 is 0 Å². The van der Waals surface area contributed by atoms with Crippen LogP contribution in [0.1, 0.15) is 25.1 Å². The molecule has 0 fully saturated rings. The molecule has 0 amide bonds. The Morgan fingerprint density at radius 1 is 0.590 bits per heavy atom. The molecule has 3 heteroatoms. The van der Waals surface area contributed by atoms with Gasteiger partial charge in [-0.2, -0.15) is 0 Å². The number of benzene rings is 5. The summed E-state index contributed by atoms with van der Waals surface area (Å²) in [6.45, 7) is 4.71. The molecule has 0 bridgehead atoms. The van der Waals surface area contributed by atoms with E-state index in [4.69, 9.17) is 4.98 Å². The predicted molar refractivity (Wildman–Crippen MR) is 161 cm³/mol. The van der Waals surface area contributed by atoms with E-state index in [9.17, 15) is 0 Å². The fourth-order valence-electron chi connectivity index (χ4n) is 6.55. The molecule has 0 aliphatic carbocycles. The summed E-state index contributed by atoms with van der Waals surface area (Å²) in [4.78, 5) is 5.15. The molecule has 1 aliphatic rings. The molecule has 0 radical (unpaired) electrons. The fraction of sp³-hybridized carbons (Fsp3) is 0.0833. The molecule has 0 saturated heterocycles. The van der Waals surface area contributed by atoms with E-state index in [0.29, 0.717) is 0 Å². The highest BCUT2D eigenvalue weighted by molar-refractivity contribution is 6.03. The number of hydrogen-bond donors (Lipinski definition) is 0. The second-order valence-electron chi connectivity index (χ2n) is 10.9. The van der Waals surface area contributed by atoms with Crippen molar-refractivity contribution in [3.05, 3.63) is 139 Å². The van der Waals surface area contributed by atoms with Crippen molar-refractivity contribution in [3.63, 3.8) is 0 Å². The SMILES string of the molecule is CC1(C)c2ccccc2-n2c1c(-c1ccccc1)c1cc(-c3nc4ccccc4n3-c3ccccc3)ccc12. The minimum absolute atomic E-state index is 0.127. The number of para-hydroxylation sites is 4. The van der Waals surface area contributed by atoms with Crippen molar-refractivity contribution in [2.75, 3.05) is 0 Å². The first-order chi connectivity index (χ1) is 19.1. The maximum absolute atomic E-state index is 5.15. The van der Waals surface area contributed by atoms with Crippen LogP contribution < -0.4 is 0 Å². The van der Waals surface area contributed by atoms with E-state index < -0.39 is 0 Å².